The molecular formula is C18H19FN2O3S. The number of allylic oxidation sites excluding steroid dienone is 1. The molecule has 2 aliphatic rings. The van der Waals surface area contributed by atoms with Gasteiger partial charge in [0.15, 0.2) is 5.17 Å². The number of carbonyl (C=O) groups is 2. The Morgan fingerprint density at radius 2 is 2.04 bits per heavy atom. The van der Waals surface area contributed by atoms with E-state index < -0.39 is 17.8 Å². The zero-order valence-corrected chi connectivity index (χ0v) is 15.3. The molecule has 3 rings (SSSR count). The van der Waals surface area contributed by atoms with Crippen LogP contribution in [0.5, 0.6) is 0 Å². The van der Waals surface area contributed by atoms with Gasteiger partial charge in [-0.05, 0) is 33.8 Å². The smallest absolute Gasteiger partial charge is 0.338 e. The van der Waals surface area contributed by atoms with Crippen molar-refractivity contribution in [3.63, 3.8) is 0 Å². The highest BCUT2D eigenvalue weighted by atomic mass is 32.2. The van der Waals surface area contributed by atoms with Crippen LogP contribution in [0.4, 0.5) is 4.39 Å². The maximum atomic E-state index is 14.5. The Morgan fingerprint density at radius 3 is 2.68 bits per heavy atom. The largest absolute Gasteiger partial charge is 0.459 e. The van der Waals surface area contributed by atoms with Crippen molar-refractivity contribution in [1.82, 2.24) is 4.90 Å². The number of nitrogens with zero attached hydrogens (tertiary/aromatic N) is 2. The summed E-state index contributed by atoms with van der Waals surface area (Å²) >= 11 is 1.31. The summed E-state index contributed by atoms with van der Waals surface area (Å²) in [5.41, 5.74) is 0.901. The molecule has 1 fully saturated rings. The topological polar surface area (TPSA) is 59.0 Å². The Labute approximate surface area is 149 Å². The Hall–Kier alpha value is -2.15. The second-order valence-corrected chi connectivity index (χ2v) is 7.55. The number of amidine groups is 1. The second-order valence-electron chi connectivity index (χ2n) is 6.24. The summed E-state index contributed by atoms with van der Waals surface area (Å²) in [4.78, 5) is 31.1. The van der Waals surface area contributed by atoms with Crippen LogP contribution in [0.1, 0.15) is 39.3 Å². The standard InChI is InChI=1S/C18H19FN2O3S/c1-9(2)24-17(23)14-10(3)20-18-21(16(22)11(4)25-18)15(14)12-7-5-6-8-13(12)19/h5-9,11,15H,1-4H3. The molecule has 1 saturated heterocycles. The molecule has 0 aromatic heterocycles. The zero-order valence-electron chi connectivity index (χ0n) is 14.4. The van der Waals surface area contributed by atoms with Gasteiger partial charge in [0, 0.05) is 5.56 Å². The number of fused-ring (bicyclic) bond motifs is 1. The highest BCUT2D eigenvalue weighted by Gasteiger charge is 2.47. The summed E-state index contributed by atoms with van der Waals surface area (Å²) in [5.74, 6) is -1.26. The van der Waals surface area contributed by atoms with Crippen molar-refractivity contribution in [1.29, 1.82) is 0 Å². The van der Waals surface area contributed by atoms with Gasteiger partial charge in [-0.15, -0.1) is 0 Å². The van der Waals surface area contributed by atoms with Crippen molar-refractivity contribution in [2.24, 2.45) is 4.99 Å². The van der Waals surface area contributed by atoms with Crippen molar-refractivity contribution >= 4 is 28.8 Å². The zero-order chi connectivity index (χ0) is 18.3. The lowest BCUT2D eigenvalue weighted by Crippen LogP contribution is -2.41. The van der Waals surface area contributed by atoms with Crippen molar-refractivity contribution in [2.75, 3.05) is 0 Å². The van der Waals surface area contributed by atoms with Crippen molar-refractivity contribution in [2.45, 2.75) is 45.1 Å². The molecule has 1 amide bonds. The molecule has 2 aliphatic heterocycles. The van der Waals surface area contributed by atoms with Gasteiger partial charge < -0.3 is 4.74 Å². The molecule has 5 nitrogen and oxygen atoms in total. The Morgan fingerprint density at radius 1 is 1.36 bits per heavy atom. The van der Waals surface area contributed by atoms with Gasteiger partial charge in [0.05, 0.1) is 22.6 Å². The first kappa shape index (κ1) is 17.7. The predicted octanol–water partition coefficient (Wildman–Crippen LogP) is 3.43. The molecule has 0 spiro atoms. The predicted molar refractivity (Wildman–Crippen MR) is 94.4 cm³/mol. The van der Waals surface area contributed by atoms with E-state index in [1.807, 2.05) is 0 Å². The number of benzene rings is 1. The first-order valence-corrected chi connectivity index (χ1v) is 8.93. The minimum Gasteiger partial charge on any atom is -0.459 e. The molecular weight excluding hydrogens is 343 g/mol. The van der Waals surface area contributed by atoms with Gasteiger partial charge in [0.1, 0.15) is 11.9 Å². The molecule has 2 heterocycles. The summed E-state index contributed by atoms with van der Waals surface area (Å²) in [6.07, 6.45) is -0.331. The average molecular weight is 362 g/mol. The number of hydrogen-bond donors (Lipinski definition) is 0. The maximum Gasteiger partial charge on any atom is 0.338 e. The van der Waals surface area contributed by atoms with E-state index >= 15 is 0 Å². The average Bonchev–Trinajstić information content (AvgIpc) is 2.80. The van der Waals surface area contributed by atoms with Crippen LogP contribution in [0.25, 0.3) is 0 Å². The molecule has 0 radical (unpaired) electrons. The van der Waals surface area contributed by atoms with Gasteiger partial charge in [-0.2, -0.15) is 0 Å². The van der Waals surface area contributed by atoms with E-state index in [9.17, 15) is 14.0 Å². The van der Waals surface area contributed by atoms with Crippen LogP contribution < -0.4 is 0 Å². The normalized spacial score (nSPS) is 23.0. The summed E-state index contributed by atoms with van der Waals surface area (Å²) in [5, 5.41) is 0.158. The van der Waals surface area contributed by atoms with Crippen LogP contribution in [-0.4, -0.2) is 33.3 Å². The third-order valence-electron chi connectivity index (χ3n) is 4.02. The maximum absolute atomic E-state index is 14.5. The molecule has 132 valence electrons. The van der Waals surface area contributed by atoms with E-state index in [0.717, 1.165) is 0 Å². The fraction of sp³-hybridized carbons (Fsp3) is 0.389. The van der Waals surface area contributed by atoms with E-state index in [-0.39, 0.29) is 28.4 Å². The molecule has 1 aromatic rings. The molecule has 0 N–H and O–H groups in total. The number of amides is 1. The molecule has 25 heavy (non-hydrogen) atoms. The van der Waals surface area contributed by atoms with E-state index in [4.69, 9.17) is 4.74 Å². The number of halogens is 1. The number of rotatable bonds is 3. The molecule has 0 bridgehead atoms. The number of thioether (sulfide) groups is 1. The molecule has 2 unspecified atom stereocenters. The van der Waals surface area contributed by atoms with Crippen molar-refractivity contribution in [3.8, 4) is 0 Å². The number of aliphatic imine (C=N–C) groups is 1. The lowest BCUT2D eigenvalue weighted by Gasteiger charge is -2.33. The lowest BCUT2D eigenvalue weighted by molar-refractivity contribution is -0.143. The molecule has 2 atom stereocenters. The summed E-state index contributed by atoms with van der Waals surface area (Å²) < 4.78 is 19.9. The van der Waals surface area contributed by atoms with E-state index in [0.29, 0.717) is 10.9 Å². The highest BCUT2D eigenvalue weighted by molar-refractivity contribution is 8.15. The number of hydrogen-bond acceptors (Lipinski definition) is 5. The first-order valence-electron chi connectivity index (χ1n) is 8.05. The Bertz CT molecular complexity index is 803. The van der Waals surface area contributed by atoms with Crippen LogP contribution in [0, 0.1) is 5.82 Å². The molecule has 0 aliphatic carbocycles. The van der Waals surface area contributed by atoms with E-state index in [1.54, 1.807) is 45.9 Å². The number of carbonyl (C=O) groups excluding carboxylic acids is 2. The minimum absolute atomic E-state index is 0.195. The van der Waals surface area contributed by atoms with Crippen LogP contribution in [0.2, 0.25) is 0 Å². The highest BCUT2D eigenvalue weighted by Crippen LogP contribution is 2.43. The fourth-order valence-corrected chi connectivity index (χ4v) is 3.96. The first-order chi connectivity index (χ1) is 11.8. The van der Waals surface area contributed by atoms with Crippen LogP contribution in [0.15, 0.2) is 40.5 Å². The van der Waals surface area contributed by atoms with Gasteiger partial charge >= 0.3 is 5.97 Å². The lowest BCUT2D eigenvalue weighted by atomic mass is 9.94. The molecule has 0 saturated carbocycles. The van der Waals surface area contributed by atoms with Crippen molar-refractivity contribution in [3.05, 3.63) is 46.9 Å². The summed E-state index contributed by atoms with van der Waals surface area (Å²) in [6.45, 7) is 6.93. The summed E-state index contributed by atoms with van der Waals surface area (Å²) in [7, 11) is 0. The van der Waals surface area contributed by atoms with Crippen LogP contribution in [0.3, 0.4) is 0 Å². The second kappa shape index (κ2) is 6.63. The monoisotopic (exact) mass is 362 g/mol. The number of esters is 1. The minimum atomic E-state index is -0.870. The van der Waals surface area contributed by atoms with Gasteiger partial charge in [-0.1, -0.05) is 30.0 Å². The third-order valence-corrected chi connectivity index (χ3v) is 5.07. The summed E-state index contributed by atoms with van der Waals surface area (Å²) in [6, 6.07) is 5.28. The Balaban J connectivity index is 2.17. The SMILES string of the molecule is CC1=C(C(=O)OC(C)C)C(c2ccccc2F)N2C(=O)C(C)SC2=N1. The van der Waals surface area contributed by atoms with Gasteiger partial charge in [-0.3, -0.25) is 9.69 Å². The fourth-order valence-electron chi connectivity index (χ4n) is 2.93. The van der Waals surface area contributed by atoms with Crippen LogP contribution >= 0.6 is 11.8 Å². The third kappa shape index (κ3) is 3.08. The van der Waals surface area contributed by atoms with E-state index in [2.05, 4.69) is 4.99 Å². The van der Waals surface area contributed by atoms with Crippen molar-refractivity contribution < 1.29 is 18.7 Å². The molecule has 1 aromatic carbocycles. The van der Waals surface area contributed by atoms with Gasteiger partial charge in [0.2, 0.25) is 5.91 Å². The van der Waals surface area contributed by atoms with Crippen LogP contribution in [-0.2, 0) is 14.3 Å². The van der Waals surface area contributed by atoms with Gasteiger partial charge in [0.25, 0.3) is 0 Å². The molecule has 7 heteroatoms. The number of ether oxygens (including phenoxy) is 1. The van der Waals surface area contributed by atoms with Gasteiger partial charge in [-0.25, -0.2) is 14.2 Å². The quantitative estimate of drug-likeness (QED) is 0.773. The van der Waals surface area contributed by atoms with E-state index in [1.165, 1.54) is 22.7 Å². The Kier molecular flexibility index (Phi) is 4.69.